The third kappa shape index (κ3) is 2.45. The fourth-order valence-electron chi connectivity index (χ4n) is 2.30. The molecule has 22 heavy (non-hydrogen) atoms. The molecular formula is C14H11Cl2FN5+. The van der Waals surface area contributed by atoms with Gasteiger partial charge in [-0.05, 0) is 23.3 Å². The highest BCUT2D eigenvalue weighted by molar-refractivity contribution is 6.43. The lowest BCUT2D eigenvalue weighted by Crippen LogP contribution is -2.51. The second kappa shape index (κ2) is 5.64. The lowest BCUT2D eigenvalue weighted by atomic mass is 10.2. The first-order valence-electron chi connectivity index (χ1n) is 6.36. The Bertz CT molecular complexity index is 793. The van der Waals surface area contributed by atoms with Crippen LogP contribution in [-0.4, -0.2) is 5.96 Å². The maximum absolute atomic E-state index is 13.4. The third-order valence-corrected chi connectivity index (χ3v) is 4.16. The Kier molecular flexibility index (Phi) is 3.82. The molecule has 0 saturated carbocycles. The number of quaternary nitrogens is 1. The van der Waals surface area contributed by atoms with Crippen molar-refractivity contribution in [3.05, 3.63) is 63.9 Å². The molecule has 5 nitrogen and oxygen atoms in total. The topological polar surface area (TPSA) is 63.1 Å². The summed E-state index contributed by atoms with van der Waals surface area (Å²) in [6, 6.07) is 11.3. The largest absolute Gasteiger partial charge is 0.354 e. The summed E-state index contributed by atoms with van der Waals surface area (Å²) in [4.78, 5) is 0. The third-order valence-electron chi connectivity index (χ3n) is 3.35. The van der Waals surface area contributed by atoms with Crippen molar-refractivity contribution in [2.75, 3.05) is 0 Å². The standard InChI is InChI=1S/C14H11Cl2FN5/c15-11-5-2-6-12(13(11)16)22(14(18)19-20-21-22)8-9-3-1-4-10(17)7-9/h1-7H,8H2,(H2,18,19,21)/q+1/t22-/m1/s1. The van der Waals surface area contributed by atoms with Gasteiger partial charge in [-0.2, -0.15) is 0 Å². The van der Waals surface area contributed by atoms with Crippen molar-refractivity contribution >= 4 is 34.8 Å². The fraction of sp³-hybridized carbons (Fsp3) is 0.0714. The summed E-state index contributed by atoms with van der Waals surface area (Å²) in [5.74, 6) is -0.215. The molecule has 0 radical (unpaired) electrons. The van der Waals surface area contributed by atoms with E-state index < -0.39 is 0 Å². The lowest BCUT2D eigenvalue weighted by Gasteiger charge is -2.25. The molecule has 1 aliphatic rings. The minimum atomic E-state index is -0.348. The average molecular weight is 339 g/mol. The molecule has 1 atom stereocenters. The van der Waals surface area contributed by atoms with Crippen molar-refractivity contribution in [3.8, 4) is 0 Å². The predicted octanol–water partition coefficient (Wildman–Crippen LogP) is 4.25. The molecule has 3 rings (SSSR count). The fourth-order valence-corrected chi connectivity index (χ4v) is 2.74. The highest BCUT2D eigenvalue weighted by Gasteiger charge is 2.43. The maximum atomic E-state index is 13.4. The van der Waals surface area contributed by atoms with Gasteiger partial charge in [0.05, 0.1) is 10.2 Å². The number of benzene rings is 2. The van der Waals surface area contributed by atoms with E-state index in [4.69, 9.17) is 28.9 Å². The van der Waals surface area contributed by atoms with Gasteiger partial charge in [0.15, 0.2) is 5.69 Å². The Balaban J connectivity index is 2.13. The second-order valence-electron chi connectivity index (χ2n) is 4.77. The molecule has 0 saturated heterocycles. The summed E-state index contributed by atoms with van der Waals surface area (Å²) in [5.41, 5.74) is 7.19. The Hall–Kier alpha value is -2.02. The molecule has 112 valence electrons. The number of halogens is 3. The van der Waals surface area contributed by atoms with E-state index in [1.54, 1.807) is 30.3 Å². The van der Waals surface area contributed by atoms with Crippen LogP contribution in [-0.2, 0) is 6.54 Å². The Morgan fingerprint density at radius 3 is 2.59 bits per heavy atom. The molecule has 2 aromatic rings. The van der Waals surface area contributed by atoms with Gasteiger partial charge in [0.1, 0.15) is 17.4 Å². The Labute approximate surface area is 136 Å². The SMILES string of the molecule is NC1=NN=N[N@+]1(Cc1cccc(F)c1)c1cccc(Cl)c1Cl. The van der Waals surface area contributed by atoms with E-state index in [0.717, 1.165) is 0 Å². The van der Waals surface area contributed by atoms with Crippen molar-refractivity contribution in [2.45, 2.75) is 6.54 Å². The predicted molar refractivity (Wildman–Crippen MR) is 84.8 cm³/mol. The van der Waals surface area contributed by atoms with Crippen LogP contribution in [0.2, 0.25) is 10.0 Å². The van der Waals surface area contributed by atoms with E-state index in [1.807, 2.05) is 0 Å². The molecule has 0 aromatic heterocycles. The highest BCUT2D eigenvalue weighted by Crippen LogP contribution is 2.39. The van der Waals surface area contributed by atoms with Gasteiger partial charge in [-0.1, -0.05) is 46.0 Å². The molecule has 0 unspecified atom stereocenters. The van der Waals surface area contributed by atoms with Crippen LogP contribution >= 0.6 is 23.2 Å². The van der Waals surface area contributed by atoms with Crippen LogP contribution in [0.5, 0.6) is 0 Å². The lowest BCUT2D eigenvalue weighted by molar-refractivity contribution is 0.413. The molecule has 0 bridgehead atoms. The van der Waals surface area contributed by atoms with Crippen LogP contribution in [0.25, 0.3) is 0 Å². The molecular weight excluding hydrogens is 328 g/mol. The van der Waals surface area contributed by atoms with Crippen LogP contribution in [0.4, 0.5) is 10.1 Å². The zero-order valence-corrected chi connectivity index (χ0v) is 12.8. The zero-order chi connectivity index (χ0) is 15.7. The number of rotatable bonds is 3. The summed E-state index contributed by atoms with van der Waals surface area (Å²) in [6.07, 6.45) is 0. The maximum Gasteiger partial charge on any atom is 0.354 e. The first-order chi connectivity index (χ1) is 10.5. The molecule has 1 aliphatic heterocycles. The first-order valence-corrected chi connectivity index (χ1v) is 7.12. The van der Waals surface area contributed by atoms with Gasteiger partial charge in [-0.15, -0.1) is 0 Å². The normalized spacial score (nSPS) is 20.2. The number of hydrogen-bond donors (Lipinski definition) is 1. The van der Waals surface area contributed by atoms with Crippen molar-refractivity contribution < 1.29 is 4.39 Å². The number of guanidine groups is 1. The molecule has 2 aromatic carbocycles. The summed E-state index contributed by atoms with van der Waals surface area (Å²) in [6.45, 7) is 0.219. The Morgan fingerprint density at radius 1 is 1.14 bits per heavy atom. The van der Waals surface area contributed by atoms with Crippen LogP contribution in [0.3, 0.4) is 0 Å². The summed E-state index contributed by atoms with van der Waals surface area (Å²) >= 11 is 12.4. The Morgan fingerprint density at radius 2 is 1.91 bits per heavy atom. The van der Waals surface area contributed by atoms with Crippen LogP contribution in [0, 0.1) is 5.82 Å². The van der Waals surface area contributed by atoms with Gasteiger partial charge >= 0.3 is 5.96 Å². The summed E-state index contributed by atoms with van der Waals surface area (Å²) in [7, 11) is 0. The van der Waals surface area contributed by atoms with E-state index in [1.165, 1.54) is 12.1 Å². The van der Waals surface area contributed by atoms with Gasteiger partial charge in [-0.25, -0.2) is 4.39 Å². The van der Waals surface area contributed by atoms with Gasteiger partial charge in [0.2, 0.25) is 0 Å². The van der Waals surface area contributed by atoms with E-state index >= 15 is 0 Å². The molecule has 1 heterocycles. The van der Waals surface area contributed by atoms with Crippen molar-refractivity contribution in [2.24, 2.45) is 21.3 Å². The van der Waals surface area contributed by atoms with Crippen LogP contribution in [0.15, 0.2) is 58.0 Å². The van der Waals surface area contributed by atoms with Gasteiger partial charge in [0, 0.05) is 16.9 Å². The highest BCUT2D eigenvalue weighted by atomic mass is 35.5. The van der Waals surface area contributed by atoms with E-state index in [0.29, 0.717) is 21.3 Å². The molecule has 0 amide bonds. The quantitative estimate of drug-likeness (QED) is 0.835. The summed E-state index contributed by atoms with van der Waals surface area (Å²) < 4.78 is 13.2. The second-order valence-corrected chi connectivity index (χ2v) is 5.55. The van der Waals surface area contributed by atoms with Crippen molar-refractivity contribution in [1.29, 1.82) is 0 Å². The van der Waals surface area contributed by atoms with E-state index in [-0.39, 0.29) is 22.9 Å². The van der Waals surface area contributed by atoms with Gasteiger partial charge < -0.3 is 5.73 Å². The van der Waals surface area contributed by atoms with Crippen LogP contribution < -0.4 is 10.3 Å². The number of hydrogen-bond acceptors (Lipinski definition) is 4. The number of nitrogens with two attached hydrogens (primary N) is 1. The molecule has 0 aliphatic carbocycles. The average Bonchev–Trinajstić information content (AvgIpc) is 2.84. The molecule has 2 N–H and O–H groups in total. The van der Waals surface area contributed by atoms with E-state index in [2.05, 4.69) is 15.5 Å². The van der Waals surface area contributed by atoms with E-state index in [9.17, 15) is 4.39 Å². The smallest absolute Gasteiger partial charge is 0.334 e. The first kappa shape index (κ1) is 14.9. The minimum Gasteiger partial charge on any atom is -0.334 e. The molecule has 8 heteroatoms. The zero-order valence-electron chi connectivity index (χ0n) is 11.2. The van der Waals surface area contributed by atoms with Crippen molar-refractivity contribution in [3.63, 3.8) is 0 Å². The molecule has 0 spiro atoms. The number of nitrogens with zero attached hydrogens (tertiary/aromatic N) is 4. The van der Waals surface area contributed by atoms with Gasteiger partial charge in [0.25, 0.3) is 0 Å². The van der Waals surface area contributed by atoms with Gasteiger partial charge in [-0.3, -0.25) is 0 Å². The van der Waals surface area contributed by atoms with Crippen LogP contribution in [0.1, 0.15) is 5.56 Å². The monoisotopic (exact) mass is 338 g/mol. The minimum absolute atomic E-state index is 0.133. The molecule has 0 fully saturated rings. The van der Waals surface area contributed by atoms with Crippen molar-refractivity contribution in [1.82, 2.24) is 4.59 Å². The summed E-state index contributed by atoms with van der Waals surface area (Å²) in [5, 5.41) is 12.2.